The van der Waals surface area contributed by atoms with E-state index >= 15 is 0 Å². The van der Waals surface area contributed by atoms with E-state index < -0.39 is 24.3 Å². The molecule has 2 aliphatic carbocycles. The van der Waals surface area contributed by atoms with Crippen LogP contribution in [0.5, 0.6) is 0 Å². The number of imidazole rings is 2. The maximum atomic E-state index is 14.4. The predicted octanol–water partition coefficient (Wildman–Crippen LogP) is 7.61. The molecule has 10 rings (SSSR count). The second-order valence-corrected chi connectivity index (χ2v) is 19.7. The third-order valence-corrected chi connectivity index (χ3v) is 15.5. The highest BCUT2D eigenvalue weighted by molar-refractivity contribution is 5.88. The molecule has 4 amide bonds. The van der Waals surface area contributed by atoms with Gasteiger partial charge in [0, 0.05) is 25.3 Å². The lowest BCUT2D eigenvalue weighted by molar-refractivity contribution is -0.140. The Morgan fingerprint density at radius 2 is 0.985 bits per heavy atom. The fraction of sp³-hybridized carbons (Fsp3) is 0.560. The van der Waals surface area contributed by atoms with Crippen LogP contribution in [-0.2, 0) is 28.5 Å². The quantitative estimate of drug-likeness (QED) is 0.117. The van der Waals surface area contributed by atoms with Crippen molar-refractivity contribution in [3.8, 4) is 33.6 Å². The molecule has 0 bridgehead atoms. The number of ether oxygens (including phenoxy) is 4. The summed E-state index contributed by atoms with van der Waals surface area (Å²) in [6.07, 6.45) is 12.5. The SMILES string of the molecule is COC(=O)N[C@H](C(=O)N1C(c2ncc(-c3ccc(-c4ccc(-c5cnc([C@@H]6CC[C@H](C)N6C(=O)[C@@H](NC(=O)OC)[C@H]6CCOC7(CC7)C6)[nH]5)cc4)cc3)[nH]2)CC[C@@H]1C)[C@H]1CCOC2(CC2)C1. The number of rotatable bonds is 11. The zero-order valence-electron chi connectivity index (χ0n) is 38.3. The number of aromatic nitrogens is 4. The molecule has 2 aromatic heterocycles. The second-order valence-electron chi connectivity index (χ2n) is 19.7. The summed E-state index contributed by atoms with van der Waals surface area (Å²) in [6.45, 7) is 5.29. The number of alkyl carbamates (subject to hydrolysis) is 2. The first-order valence-corrected chi connectivity index (χ1v) is 23.9. The Labute approximate surface area is 385 Å². The Kier molecular flexibility index (Phi) is 11.9. The van der Waals surface area contributed by atoms with E-state index in [2.05, 4.69) is 83.0 Å². The predicted molar refractivity (Wildman–Crippen MR) is 244 cm³/mol. The van der Waals surface area contributed by atoms with E-state index in [1.54, 1.807) is 0 Å². The van der Waals surface area contributed by atoms with Crippen LogP contribution >= 0.6 is 0 Å². The fourth-order valence-corrected chi connectivity index (χ4v) is 11.4. The molecule has 2 spiro atoms. The standard InChI is InChI=1S/C50H62N8O8/c1-29-5-15-39(57(29)45(59)41(55-47(61)63-3)35-17-23-65-49(25-35)19-20-49)43-51-27-37(53-43)33-11-7-31(8-12-33)32-9-13-34(14-10-32)38-28-52-44(54-38)40-16-6-30(2)58(40)46(60)42(56-48(62)64-4)36-18-24-66-50(26-36)21-22-50/h7-14,27-30,35-36,39-42H,5-6,15-26H2,1-4H3,(H,51,53)(H,52,54)(H,55,61)(H,56,62)/t29-,30-,35-,36-,39-,40?,41-,42-/m0/s1. The molecule has 0 radical (unpaired) electrons. The Morgan fingerprint density at radius 1 is 0.606 bits per heavy atom. The number of carbonyl (C=O) groups is 4. The van der Waals surface area contributed by atoms with E-state index in [4.69, 9.17) is 28.9 Å². The van der Waals surface area contributed by atoms with Gasteiger partial charge >= 0.3 is 12.2 Å². The molecule has 16 heteroatoms. The molecular formula is C50H62N8O8. The number of aromatic amines is 2. The molecule has 2 aromatic carbocycles. The van der Waals surface area contributed by atoms with Crippen molar-refractivity contribution in [2.75, 3.05) is 27.4 Å². The average molecular weight is 903 g/mol. The van der Waals surface area contributed by atoms with Crippen molar-refractivity contribution in [3.63, 3.8) is 0 Å². The lowest BCUT2D eigenvalue weighted by atomic mass is 9.86. The fourth-order valence-electron chi connectivity index (χ4n) is 11.4. The van der Waals surface area contributed by atoms with Crippen molar-refractivity contribution >= 4 is 24.0 Å². The van der Waals surface area contributed by atoms with Gasteiger partial charge in [0.15, 0.2) is 0 Å². The number of H-pyrrole nitrogens is 2. The van der Waals surface area contributed by atoms with E-state index in [9.17, 15) is 19.2 Å². The summed E-state index contributed by atoms with van der Waals surface area (Å²) in [7, 11) is 2.65. The topological polar surface area (TPSA) is 193 Å². The largest absolute Gasteiger partial charge is 0.453 e. The Morgan fingerprint density at radius 3 is 1.35 bits per heavy atom. The molecule has 6 heterocycles. The molecule has 4 aliphatic heterocycles. The molecule has 66 heavy (non-hydrogen) atoms. The zero-order chi connectivity index (χ0) is 45.7. The number of methoxy groups -OCH3 is 2. The number of hydrogen-bond acceptors (Lipinski definition) is 10. The zero-order valence-corrected chi connectivity index (χ0v) is 38.3. The monoisotopic (exact) mass is 902 g/mol. The number of benzene rings is 2. The van der Waals surface area contributed by atoms with Crippen LogP contribution in [0.1, 0.15) is 115 Å². The Hall–Kier alpha value is -5.74. The first-order chi connectivity index (χ1) is 32.0. The maximum absolute atomic E-state index is 14.4. The molecule has 350 valence electrons. The lowest BCUT2D eigenvalue weighted by Crippen LogP contribution is -2.55. The molecule has 6 fully saturated rings. The van der Waals surface area contributed by atoms with Crippen molar-refractivity contribution in [1.82, 2.24) is 40.4 Å². The average Bonchev–Trinajstić information content (AvgIpc) is 3.87. The van der Waals surface area contributed by atoms with Gasteiger partial charge in [-0.25, -0.2) is 19.6 Å². The van der Waals surface area contributed by atoms with E-state index in [0.29, 0.717) is 26.1 Å². The highest BCUT2D eigenvalue weighted by atomic mass is 16.5. The Bertz CT molecular complexity index is 2260. The van der Waals surface area contributed by atoms with E-state index in [1.807, 2.05) is 22.2 Å². The minimum absolute atomic E-state index is 0.0146. The normalized spacial score (nSPS) is 27.0. The molecule has 6 aliphatic rings. The van der Waals surface area contributed by atoms with Crippen LogP contribution in [-0.4, -0.2) is 117 Å². The van der Waals surface area contributed by atoms with E-state index in [0.717, 1.165) is 109 Å². The smallest absolute Gasteiger partial charge is 0.407 e. The summed E-state index contributed by atoms with van der Waals surface area (Å²) >= 11 is 0. The Balaban J connectivity index is 0.802. The van der Waals surface area contributed by atoms with E-state index in [-0.39, 0.29) is 59.0 Å². The summed E-state index contributed by atoms with van der Waals surface area (Å²) in [5.74, 6) is 1.20. The summed E-state index contributed by atoms with van der Waals surface area (Å²) in [5.41, 5.74) is 5.49. The summed E-state index contributed by atoms with van der Waals surface area (Å²) < 4.78 is 22.0. The molecule has 16 nitrogen and oxygen atoms in total. The first-order valence-electron chi connectivity index (χ1n) is 23.9. The van der Waals surface area contributed by atoms with Crippen LogP contribution in [0.4, 0.5) is 9.59 Å². The van der Waals surface area contributed by atoms with Crippen molar-refractivity contribution in [3.05, 3.63) is 72.6 Å². The van der Waals surface area contributed by atoms with Gasteiger partial charge in [-0.1, -0.05) is 48.5 Å². The molecule has 8 atom stereocenters. The van der Waals surface area contributed by atoms with Gasteiger partial charge in [-0.05, 0) is 125 Å². The molecular weight excluding hydrogens is 841 g/mol. The molecule has 4 aromatic rings. The summed E-state index contributed by atoms with van der Waals surface area (Å²) in [4.78, 5) is 74.4. The van der Waals surface area contributed by atoms with Gasteiger partial charge in [0.25, 0.3) is 0 Å². The first kappa shape index (κ1) is 44.1. The number of nitrogens with one attached hydrogen (secondary N) is 4. The second kappa shape index (κ2) is 17.8. The van der Waals surface area contributed by atoms with Crippen LogP contribution < -0.4 is 10.6 Å². The molecule has 4 saturated heterocycles. The summed E-state index contributed by atoms with van der Waals surface area (Å²) in [6, 6.07) is 14.7. The lowest BCUT2D eigenvalue weighted by Gasteiger charge is -2.38. The van der Waals surface area contributed by atoms with Crippen LogP contribution in [0.2, 0.25) is 0 Å². The van der Waals surface area contributed by atoms with Crippen molar-refractivity contribution in [2.45, 2.75) is 138 Å². The third kappa shape index (κ3) is 8.69. The minimum Gasteiger partial charge on any atom is -0.453 e. The van der Waals surface area contributed by atoms with Gasteiger partial charge in [-0.2, -0.15) is 0 Å². The number of hydrogen-bond donors (Lipinski definition) is 4. The molecule has 4 N–H and O–H groups in total. The van der Waals surface area contributed by atoms with E-state index in [1.165, 1.54) is 14.2 Å². The van der Waals surface area contributed by atoms with Crippen molar-refractivity contribution in [1.29, 1.82) is 0 Å². The number of likely N-dealkylation sites (tertiary alicyclic amines) is 2. The van der Waals surface area contributed by atoms with Gasteiger partial charge in [0.2, 0.25) is 11.8 Å². The molecule has 2 saturated carbocycles. The third-order valence-electron chi connectivity index (χ3n) is 15.5. The van der Waals surface area contributed by atoms with Crippen molar-refractivity contribution < 1.29 is 38.1 Å². The van der Waals surface area contributed by atoms with Crippen LogP contribution in [0, 0.1) is 11.8 Å². The van der Waals surface area contributed by atoms with Gasteiger partial charge < -0.3 is 49.3 Å². The van der Waals surface area contributed by atoms with Gasteiger partial charge in [0.05, 0.1) is 61.3 Å². The van der Waals surface area contributed by atoms with Crippen LogP contribution in [0.25, 0.3) is 33.6 Å². The van der Waals surface area contributed by atoms with Crippen LogP contribution in [0.3, 0.4) is 0 Å². The van der Waals surface area contributed by atoms with Gasteiger partial charge in [-0.15, -0.1) is 0 Å². The maximum Gasteiger partial charge on any atom is 0.407 e. The highest BCUT2D eigenvalue weighted by Gasteiger charge is 2.53. The highest BCUT2D eigenvalue weighted by Crippen LogP contribution is 2.51. The molecule has 1 unspecified atom stereocenters. The number of amides is 4. The number of nitrogens with zero attached hydrogens (tertiary/aromatic N) is 4. The van der Waals surface area contributed by atoms with Gasteiger partial charge in [0.1, 0.15) is 23.7 Å². The van der Waals surface area contributed by atoms with Crippen molar-refractivity contribution in [2.24, 2.45) is 11.8 Å². The number of carbonyl (C=O) groups excluding carboxylic acids is 4. The summed E-state index contributed by atoms with van der Waals surface area (Å²) in [5, 5.41) is 5.80. The minimum atomic E-state index is -0.700. The van der Waals surface area contributed by atoms with Crippen LogP contribution in [0.15, 0.2) is 60.9 Å². The van der Waals surface area contributed by atoms with Gasteiger partial charge in [-0.3, -0.25) is 9.59 Å².